The molecule has 2 aromatic rings. The summed E-state index contributed by atoms with van der Waals surface area (Å²) in [5.41, 5.74) is 7.78. The van der Waals surface area contributed by atoms with Crippen molar-refractivity contribution in [2.75, 3.05) is 6.61 Å². The summed E-state index contributed by atoms with van der Waals surface area (Å²) in [7, 11) is 0. The van der Waals surface area contributed by atoms with Crippen LogP contribution in [0.1, 0.15) is 25.8 Å². The van der Waals surface area contributed by atoms with Gasteiger partial charge < -0.3 is 42.0 Å². The predicted octanol–water partition coefficient (Wildman–Crippen LogP) is -1.30. The summed E-state index contributed by atoms with van der Waals surface area (Å²) < 4.78 is 0. The largest absolute Gasteiger partial charge is 0.481 e. The highest BCUT2D eigenvalue weighted by molar-refractivity contribution is 5.96. The van der Waals surface area contributed by atoms with Crippen molar-refractivity contribution in [2.45, 2.75) is 50.9 Å². The Hall–Kier alpha value is -3.97. The number of aliphatic carboxylic acids is 2. The average molecular weight is 506 g/mol. The zero-order chi connectivity index (χ0) is 27.0. The van der Waals surface area contributed by atoms with Crippen LogP contribution in [0.15, 0.2) is 30.5 Å². The zero-order valence-electron chi connectivity index (χ0n) is 19.9. The molecule has 196 valence electrons. The van der Waals surface area contributed by atoms with E-state index in [4.69, 9.17) is 21.1 Å². The lowest BCUT2D eigenvalue weighted by Crippen LogP contribution is -2.59. The van der Waals surface area contributed by atoms with Crippen LogP contribution in [-0.4, -0.2) is 80.7 Å². The maximum atomic E-state index is 12.9. The molecule has 0 radical (unpaired) electrons. The molecule has 4 atom stereocenters. The van der Waals surface area contributed by atoms with Gasteiger partial charge in [-0.3, -0.25) is 19.2 Å². The molecule has 0 spiro atoms. The third-order valence-electron chi connectivity index (χ3n) is 5.51. The smallest absolute Gasteiger partial charge is 0.328 e. The van der Waals surface area contributed by atoms with E-state index in [1.807, 2.05) is 29.6 Å². The van der Waals surface area contributed by atoms with Crippen LogP contribution < -0.4 is 21.7 Å². The van der Waals surface area contributed by atoms with Gasteiger partial charge in [0.1, 0.15) is 18.1 Å². The molecule has 9 N–H and O–H groups in total. The maximum Gasteiger partial charge on any atom is 0.328 e. The lowest BCUT2D eigenvalue weighted by Gasteiger charge is -2.26. The fourth-order valence-corrected chi connectivity index (χ4v) is 3.53. The van der Waals surface area contributed by atoms with Gasteiger partial charge in [0, 0.05) is 17.1 Å². The number of H-pyrrole nitrogens is 1. The zero-order valence-corrected chi connectivity index (χ0v) is 19.9. The number of carboxylic acid groups (broad SMARTS) is 2. The Morgan fingerprint density at radius 1 is 0.944 bits per heavy atom. The Kier molecular flexibility index (Phi) is 9.93. The number of nitrogens with one attached hydrogen (secondary N) is 4. The summed E-state index contributed by atoms with van der Waals surface area (Å²) in [6.45, 7) is 2.33. The van der Waals surface area contributed by atoms with Crippen LogP contribution in [0.25, 0.3) is 10.9 Å². The number of aromatic nitrogens is 1. The normalized spacial score (nSPS) is 14.5. The SMILES string of the molecule is CC(C)C(NC(=O)C(N)Cc1c[nH]c2ccccc12)C(=O)NC(CC(=O)O)C(=O)NC(CO)C(=O)O. The van der Waals surface area contributed by atoms with Gasteiger partial charge >= 0.3 is 11.9 Å². The second-order valence-corrected chi connectivity index (χ2v) is 8.64. The fourth-order valence-electron chi connectivity index (χ4n) is 3.53. The highest BCUT2D eigenvalue weighted by atomic mass is 16.4. The minimum absolute atomic E-state index is 0.185. The number of carbonyl (C=O) groups excluding carboxylic acids is 3. The number of hydrogen-bond donors (Lipinski definition) is 8. The second kappa shape index (κ2) is 12.7. The van der Waals surface area contributed by atoms with Crippen LogP contribution in [0.4, 0.5) is 0 Å². The predicted molar refractivity (Wildman–Crippen MR) is 128 cm³/mol. The summed E-state index contributed by atoms with van der Waals surface area (Å²) >= 11 is 0. The topological polar surface area (TPSA) is 224 Å². The van der Waals surface area contributed by atoms with E-state index in [0.717, 1.165) is 16.5 Å². The first-order valence-corrected chi connectivity index (χ1v) is 11.2. The minimum atomic E-state index is -1.69. The van der Waals surface area contributed by atoms with E-state index in [1.165, 1.54) is 0 Å². The quantitative estimate of drug-likeness (QED) is 0.162. The molecule has 0 aliphatic carbocycles. The second-order valence-electron chi connectivity index (χ2n) is 8.64. The van der Waals surface area contributed by atoms with Crippen molar-refractivity contribution in [3.63, 3.8) is 0 Å². The van der Waals surface area contributed by atoms with Crippen molar-refractivity contribution < 1.29 is 39.3 Å². The Labute approximate surface area is 206 Å². The lowest BCUT2D eigenvalue weighted by atomic mass is 10.0. The maximum absolute atomic E-state index is 12.9. The number of fused-ring (bicyclic) bond motifs is 1. The molecule has 0 saturated carbocycles. The number of aliphatic hydroxyl groups excluding tert-OH is 1. The Balaban J connectivity index is 2.10. The van der Waals surface area contributed by atoms with Crippen LogP contribution in [0.2, 0.25) is 0 Å². The van der Waals surface area contributed by atoms with Crippen molar-refractivity contribution in [3.05, 3.63) is 36.0 Å². The van der Waals surface area contributed by atoms with Crippen LogP contribution in [0.3, 0.4) is 0 Å². The van der Waals surface area contributed by atoms with Crippen molar-refractivity contribution >= 4 is 40.6 Å². The molecule has 0 fully saturated rings. The summed E-state index contributed by atoms with van der Waals surface area (Å²) in [4.78, 5) is 63.5. The lowest BCUT2D eigenvalue weighted by molar-refractivity contribution is -0.144. The van der Waals surface area contributed by atoms with Crippen molar-refractivity contribution in [2.24, 2.45) is 11.7 Å². The summed E-state index contributed by atoms with van der Waals surface area (Å²) in [5.74, 6) is -6.03. The molecule has 1 aromatic heterocycles. The molecule has 0 aliphatic heterocycles. The highest BCUT2D eigenvalue weighted by Gasteiger charge is 2.32. The molecule has 13 heteroatoms. The van der Waals surface area contributed by atoms with Gasteiger partial charge in [0.05, 0.1) is 19.1 Å². The number of benzene rings is 1. The highest BCUT2D eigenvalue weighted by Crippen LogP contribution is 2.19. The summed E-state index contributed by atoms with van der Waals surface area (Å²) in [6.07, 6.45) is 1.08. The Bertz CT molecular complexity index is 1110. The van der Waals surface area contributed by atoms with E-state index in [2.05, 4.69) is 15.6 Å². The molecule has 1 aromatic carbocycles. The van der Waals surface area contributed by atoms with Gasteiger partial charge in [-0.1, -0.05) is 32.0 Å². The number of carboxylic acids is 2. The van der Waals surface area contributed by atoms with Crippen LogP contribution in [0, 0.1) is 5.92 Å². The van der Waals surface area contributed by atoms with Crippen molar-refractivity contribution in [1.29, 1.82) is 0 Å². The van der Waals surface area contributed by atoms with Gasteiger partial charge in [-0.05, 0) is 24.0 Å². The summed E-state index contributed by atoms with van der Waals surface area (Å²) in [6, 6.07) is 1.98. The fraction of sp³-hybridized carbons (Fsp3) is 0.435. The number of nitrogens with two attached hydrogens (primary N) is 1. The van der Waals surface area contributed by atoms with Gasteiger partial charge in [0.2, 0.25) is 17.7 Å². The molecular weight excluding hydrogens is 474 g/mol. The van der Waals surface area contributed by atoms with E-state index in [-0.39, 0.29) is 6.42 Å². The first-order chi connectivity index (χ1) is 16.9. The van der Waals surface area contributed by atoms with Gasteiger partial charge in [-0.25, -0.2) is 4.79 Å². The van der Waals surface area contributed by atoms with Gasteiger partial charge in [0.15, 0.2) is 0 Å². The van der Waals surface area contributed by atoms with Crippen molar-refractivity contribution in [3.8, 4) is 0 Å². The summed E-state index contributed by atoms with van der Waals surface area (Å²) in [5, 5.41) is 34.9. The molecule has 13 nitrogen and oxygen atoms in total. The molecule has 0 saturated heterocycles. The number of hydrogen-bond acceptors (Lipinski definition) is 7. The monoisotopic (exact) mass is 505 g/mol. The molecule has 36 heavy (non-hydrogen) atoms. The minimum Gasteiger partial charge on any atom is -0.481 e. The standard InChI is InChI=1S/C23H31N5O8/c1-11(2)19(22(34)26-16(8-18(30)31)21(33)27-17(10-29)23(35)36)28-20(32)14(24)7-12-9-25-15-6-4-3-5-13(12)15/h3-6,9,11,14,16-17,19,25,29H,7-8,10,24H2,1-2H3,(H,26,34)(H,27,33)(H,28,32)(H,30,31)(H,35,36). The molecule has 4 unspecified atom stereocenters. The Morgan fingerprint density at radius 2 is 1.58 bits per heavy atom. The number of aliphatic hydroxyl groups is 1. The van der Waals surface area contributed by atoms with Gasteiger partial charge in [0.25, 0.3) is 0 Å². The Morgan fingerprint density at radius 3 is 2.17 bits per heavy atom. The molecular formula is C23H31N5O8. The van der Waals surface area contributed by atoms with E-state index in [0.29, 0.717) is 0 Å². The molecule has 2 rings (SSSR count). The van der Waals surface area contributed by atoms with Gasteiger partial charge in [-0.2, -0.15) is 0 Å². The third kappa shape index (κ3) is 7.52. The van der Waals surface area contributed by atoms with E-state index in [1.54, 1.807) is 20.0 Å². The molecule has 3 amide bonds. The van der Waals surface area contributed by atoms with Gasteiger partial charge in [-0.15, -0.1) is 0 Å². The van der Waals surface area contributed by atoms with Crippen LogP contribution in [-0.2, 0) is 30.4 Å². The third-order valence-corrected chi connectivity index (χ3v) is 5.51. The molecule has 0 aliphatic rings. The van der Waals surface area contributed by atoms with Crippen LogP contribution >= 0.6 is 0 Å². The van der Waals surface area contributed by atoms with E-state index >= 15 is 0 Å². The number of amides is 3. The molecule has 0 bridgehead atoms. The first kappa shape index (κ1) is 28.3. The van der Waals surface area contributed by atoms with Crippen LogP contribution in [0.5, 0.6) is 0 Å². The van der Waals surface area contributed by atoms with E-state index < -0.39 is 72.8 Å². The number of rotatable bonds is 13. The van der Waals surface area contributed by atoms with Crippen molar-refractivity contribution in [1.82, 2.24) is 20.9 Å². The first-order valence-electron chi connectivity index (χ1n) is 11.2. The molecule has 1 heterocycles. The number of para-hydroxylation sites is 1. The van der Waals surface area contributed by atoms with E-state index in [9.17, 15) is 24.0 Å². The number of carbonyl (C=O) groups is 5. The number of aromatic amines is 1. The average Bonchev–Trinajstić information content (AvgIpc) is 3.22.